The Morgan fingerprint density at radius 1 is 0.333 bits per heavy atom. The fourth-order valence-electron chi connectivity index (χ4n) is 10.3. The largest absolute Gasteiger partial charge is 0.359 e. The summed E-state index contributed by atoms with van der Waals surface area (Å²) in [6.07, 6.45) is 2.23. The molecule has 0 fully saturated rings. The van der Waals surface area contributed by atoms with Crippen molar-refractivity contribution in [3.05, 3.63) is 253 Å². The molecule has 0 radical (unpaired) electrons. The Morgan fingerprint density at radius 2 is 0.788 bits per heavy atom. The number of nitrogens with one attached hydrogen (secondary N) is 1. The fourth-order valence-corrected chi connectivity index (χ4v) is 10.3. The molecule has 0 saturated carbocycles. The lowest BCUT2D eigenvalue weighted by molar-refractivity contribution is 0.781. The topological polar surface area (TPSA) is 37.3 Å². The summed E-state index contributed by atoms with van der Waals surface area (Å²) in [7, 11) is 0. The predicted octanol–water partition coefficient (Wildman–Crippen LogP) is 16.1. The van der Waals surface area contributed by atoms with Crippen molar-refractivity contribution in [3.63, 3.8) is 0 Å². The summed E-state index contributed by atoms with van der Waals surface area (Å²) in [5.74, 6) is 0.859. The summed E-state index contributed by atoms with van der Waals surface area (Å²) < 4.78 is 0. The third-order valence-electron chi connectivity index (χ3n) is 13.5. The Bertz CT molecular complexity index is 3940. The molecular formula is C63H41N3. The van der Waals surface area contributed by atoms with E-state index in [0.717, 1.165) is 61.3 Å². The van der Waals surface area contributed by atoms with Gasteiger partial charge in [-0.05, 0) is 112 Å². The van der Waals surface area contributed by atoms with Crippen LogP contribution in [0.5, 0.6) is 0 Å². The van der Waals surface area contributed by atoms with Crippen molar-refractivity contribution in [2.24, 2.45) is 4.99 Å². The number of hydrogen-bond donors (Lipinski definition) is 1. The highest BCUT2D eigenvalue weighted by molar-refractivity contribution is 6.23. The number of aliphatic imine (C=N–C) groups is 1. The molecule has 12 aromatic rings. The van der Waals surface area contributed by atoms with Gasteiger partial charge in [0.25, 0.3) is 0 Å². The Kier molecular flexibility index (Phi) is 8.92. The second-order valence-electron chi connectivity index (χ2n) is 17.3. The molecule has 2 heterocycles. The molecule has 1 N–H and O–H groups in total. The Balaban J connectivity index is 1.03. The Morgan fingerprint density at radius 3 is 1.38 bits per heavy atom. The van der Waals surface area contributed by atoms with Crippen LogP contribution in [0.3, 0.4) is 0 Å². The molecule has 13 rings (SSSR count). The van der Waals surface area contributed by atoms with Crippen LogP contribution in [0.1, 0.15) is 22.7 Å². The van der Waals surface area contributed by atoms with Gasteiger partial charge in [0.05, 0.1) is 22.9 Å². The molecule has 11 aromatic carbocycles. The van der Waals surface area contributed by atoms with Gasteiger partial charge in [-0.25, -0.2) is 9.98 Å². The van der Waals surface area contributed by atoms with Gasteiger partial charge in [-0.1, -0.05) is 206 Å². The van der Waals surface area contributed by atoms with Crippen LogP contribution in [0.4, 0.5) is 0 Å². The summed E-state index contributed by atoms with van der Waals surface area (Å²) in [6, 6.07) is 83.2. The van der Waals surface area contributed by atoms with Crippen LogP contribution in [-0.2, 0) is 0 Å². The van der Waals surface area contributed by atoms with Gasteiger partial charge in [-0.2, -0.15) is 0 Å². The van der Waals surface area contributed by atoms with E-state index >= 15 is 0 Å². The normalized spacial score (nSPS) is 13.9. The highest BCUT2D eigenvalue weighted by atomic mass is 15.0. The predicted molar refractivity (Wildman–Crippen MR) is 279 cm³/mol. The monoisotopic (exact) mass is 839 g/mol. The standard InChI is InChI=1S/C63H41N3/c1-3-17-40(18-4-1)60-39-61(66-63(65-60)43-19-5-2-6-20-43)42-33-31-41(32-34-42)59-38-57(55-36-45-22-8-10-24-47(45)49-26-12-14-28-51(49)55)58-37-56(52-29-15-16-30-53(52)62(58)64-59)54-35-44-21-7-9-23-46(44)48-25-11-13-27-50(48)54/h1-39,61H,(H,65,66). The molecule has 0 amide bonds. The molecule has 0 aliphatic carbocycles. The zero-order valence-electron chi connectivity index (χ0n) is 36.0. The first-order valence-electron chi connectivity index (χ1n) is 22.7. The van der Waals surface area contributed by atoms with Crippen molar-refractivity contribution in [3.8, 4) is 33.5 Å². The van der Waals surface area contributed by atoms with Gasteiger partial charge in [0.1, 0.15) is 5.84 Å². The van der Waals surface area contributed by atoms with E-state index in [-0.39, 0.29) is 6.04 Å². The zero-order valence-corrected chi connectivity index (χ0v) is 36.0. The first-order chi connectivity index (χ1) is 32.7. The van der Waals surface area contributed by atoms with E-state index in [1.165, 1.54) is 65.2 Å². The van der Waals surface area contributed by atoms with Crippen LogP contribution in [0.2, 0.25) is 0 Å². The lowest BCUT2D eigenvalue weighted by Gasteiger charge is -2.24. The van der Waals surface area contributed by atoms with E-state index in [1.807, 2.05) is 12.1 Å². The number of amidine groups is 1. The molecule has 1 aliphatic heterocycles. The van der Waals surface area contributed by atoms with Crippen LogP contribution in [0.25, 0.3) is 104 Å². The van der Waals surface area contributed by atoms with Gasteiger partial charge in [0.2, 0.25) is 0 Å². The number of hydrogen-bond acceptors (Lipinski definition) is 3. The van der Waals surface area contributed by atoms with Crippen molar-refractivity contribution in [2.45, 2.75) is 6.04 Å². The van der Waals surface area contributed by atoms with Crippen LogP contribution >= 0.6 is 0 Å². The number of rotatable bonds is 6. The summed E-state index contributed by atoms with van der Waals surface area (Å²) in [5.41, 5.74) is 12.0. The molecule has 1 aliphatic rings. The number of fused-ring (bicyclic) bond motifs is 9. The molecule has 1 unspecified atom stereocenters. The molecule has 1 atom stereocenters. The van der Waals surface area contributed by atoms with Crippen molar-refractivity contribution in [1.82, 2.24) is 10.3 Å². The Labute approximate surface area is 382 Å². The highest BCUT2D eigenvalue weighted by Crippen LogP contribution is 2.45. The highest BCUT2D eigenvalue weighted by Gasteiger charge is 2.22. The molecule has 308 valence electrons. The van der Waals surface area contributed by atoms with E-state index in [9.17, 15) is 0 Å². The summed E-state index contributed by atoms with van der Waals surface area (Å²) in [6.45, 7) is 0. The summed E-state index contributed by atoms with van der Waals surface area (Å²) >= 11 is 0. The lowest BCUT2D eigenvalue weighted by Crippen LogP contribution is -2.31. The first-order valence-corrected chi connectivity index (χ1v) is 22.7. The van der Waals surface area contributed by atoms with E-state index in [1.54, 1.807) is 0 Å². The first kappa shape index (κ1) is 37.9. The molecular weight excluding hydrogens is 799 g/mol. The third kappa shape index (κ3) is 6.36. The minimum atomic E-state index is -0.0837. The minimum Gasteiger partial charge on any atom is -0.359 e. The van der Waals surface area contributed by atoms with Gasteiger partial charge < -0.3 is 5.32 Å². The van der Waals surface area contributed by atoms with Crippen molar-refractivity contribution in [2.75, 3.05) is 0 Å². The second kappa shape index (κ2) is 15.5. The third-order valence-corrected chi connectivity index (χ3v) is 13.5. The zero-order chi connectivity index (χ0) is 43.6. The summed E-state index contributed by atoms with van der Waals surface area (Å²) in [4.78, 5) is 10.8. The Hall–Kier alpha value is -8.66. The molecule has 0 saturated heterocycles. The van der Waals surface area contributed by atoms with Gasteiger partial charge in [0.15, 0.2) is 0 Å². The van der Waals surface area contributed by atoms with Crippen LogP contribution in [0.15, 0.2) is 242 Å². The maximum absolute atomic E-state index is 5.65. The van der Waals surface area contributed by atoms with E-state index < -0.39 is 0 Å². The van der Waals surface area contributed by atoms with Crippen LogP contribution in [-0.4, -0.2) is 10.8 Å². The van der Waals surface area contributed by atoms with Gasteiger partial charge in [-0.3, -0.25) is 0 Å². The molecule has 3 heteroatoms. The molecule has 0 spiro atoms. The molecule has 0 bridgehead atoms. The number of nitrogens with zero attached hydrogens (tertiary/aromatic N) is 2. The van der Waals surface area contributed by atoms with Crippen molar-refractivity contribution < 1.29 is 0 Å². The number of aromatic nitrogens is 1. The fraction of sp³-hybridized carbons (Fsp3) is 0.0159. The SMILES string of the molecule is C1=C(c2ccccc2)N=C(c2ccccc2)NC1c1ccc(-c2cc(-c3cc4ccccc4c4ccccc34)c3cc(-c4cc5ccccc5c5ccccc45)c4ccccc4c3n2)cc1. The van der Waals surface area contributed by atoms with E-state index in [0.29, 0.717) is 0 Å². The number of pyridine rings is 1. The van der Waals surface area contributed by atoms with Crippen molar-refractivity contribution in [1.29, 1.82) is 0 Å². The van der Waals surface area contributed by atoms with Gasteiger partial charge >= 0.3 is 0 Å². The van der Waals surface area contributed by atoms with Gasteiger partial charge in [-0.15, -0.1) is 0 Å². The minimum absolute atomic E-state index is 0.0837. The van der Waals surface area contributed by atoms with Crippen LogP contribution < -0.4 is 5.32 Å². The smallest absolute Gasteiger partial charge is 0.134 e. The second-order valence-corrected chi connectivity index (χ2v) is 17.3. The average Bonchev–Trinajstić information content (AvgIpc) is 3.40. The lowest BCUT2D eigenvalue weighted by atomic mass is 9.86. The molecule has 1 aromatic heterocycles. The maximum Gasteiger partial charge on any atom is 0.134 e. The van der Waals surface area contributed by atoms with Crippen molar-refractivity contribution >= 4 is 76.3 Å². The molecule has 66 heavy (non-hydrogen) atoms. The quantitative estimate of drug-likeness (QED) is 0.169. The van der Waals surface area contributed by atoms with E-state index in [2.05, 4.69) is 230 Å². The molecule has 3 nitrogen and oxygen atoms in total. The van der Waals surface area contributed by atoms with Gasteiger partial charge in [0, 0.05) is 21.9 Å². The van der Waals surface area contributed by atoms with E-state index in [4.69, 9.17) is 9.98 Å². The number of benzene rings is 11. The maximum atomic E-state index is 5.65. The summed E-state index contributed by atoms with van der Waals surface area (Å²) in [5, 5.41) is 17.1. The average molecular weight is 840 g/mol. The van der Waals surface area contributed by atoms with Crippen LogP contribution in [0, 0.1) is 0 Å².